The highest BCUT2D eigenvalue weighted by Crippen LogP contribution is 2.31. The number of aromatic nitrogens is 3. The van der Waals surface area contributed by atoms with Gasteiger partial charge in [-0.25, -0.2) is 4.79 Å². The highest BCUT2D eigenvalue weighted by Gasteiger charge is 2.26. The van der Waals surface area contributed by atoms with E-state index < -0.39 is 6.04 Å². The number of carbonyl (C=O) groups is 1. The Kier molecular flexibility index (Phi) is 9.85. The topological polar surface area (TPSA) is 71.8 Å². The summed E-state index contributed by atoms with van der Waals surface area (Å²) < 4.78 is 2.04. The number of halogens is 1. The molecule has 198 valence electrons. The lowest BCUT2D eigenvalue weighted by Crippen LogP contribution is -2.40. The standard InChI is InChI=1S/C30H34ClN5OS/c1-4-5-16-32-29(37)33-26(18-23-11-7-6-8-12-23)28-34-35-30(38-20-24-13-9-10-21(2)17-24)36(28)27-19-25(31)15-14-22(27)3/h6-15,17,19,26H,4-5,16,18,20H2,1-3H3,(H2,32,33,37). The van der Waals surface area contributed by atoms with Crippen LogP contribution in [0, 0.1) is 13.8 Å². The van der Waals surface area contributed by atoms with E-state index in [-0.39, 0.29) is 6.03 Å². The van der Waals surface area contributed by atoms with Crippen molar-refractivity contribution in [3.8, 4) is 5.69 Å². The van der Waals surface area contributed by atoms with Crippen LogP contribution in [0.5, 0.6) is 0 Å². The molecule has 4 aromatic rings. The lowest BCUT2D eigenvalue weighted by molar-refractivity contribution is 0.236. The first-order chi connectivity index (χ1) is 18.4. The highest BCUT2D eigenvalue weighted by atomic mass is 35.5. The molecule has 4 rings (SSSR count). The highest BCUT2D eigenvalue weighted by molar-refractivity contribution is 7.98. The predicted molar refractivity (Wildman–Crippen MR) is 156 cm³/mol. The smallest absolute Gasteiger partial charge is 0.315 e. The normalized spacial score (nSPS) is 11.8. The van der Waals surface area contributed by atoms with Crippen molar-refractivity contribution in [2.45, 2.75) is 57.0 Å². The summed E-state index contributed by atoms with van der Waals surface area (Å²) in [6.45, 7) is 6.86. The monoisotopic (exact) mass is 547 g/mol. The fourth-order valence-electron chi connectivity index (χ4n) is 4.24. The molecule has 0 aliphatic carbocycles. The summed E-state index contributed by atoms with van der Waals surface area (Å²) >= 11 is 8.07. The van der Waals surface area contributed by atoms with Gasteiger partial charge >= 0.3 is 6.03 Å². The molecule has 1 unspecified atom stereocenters. The van der Waals surface area contributed by atoms with Gasteiger partial charge in [0.15, 0.2) is 11.0 Å². The molecule has 0 aliphatic rings. The molecule has 8 heteroatoms. The molecule has 1 heterocycles. The lowest BCUT2D eigenvalue weighted by atomic mass is 10.0. The molecule has 0 spiro atoms. The van der Waals surface area contributed by atoms with Gasteiger partial charge in [-0.2, -0.15) is 0 Å². The zero-order valence-electron chi connectivity index (χ0n) is 22.1. The van der Waals surface area contributed by atoms with E-state index in [4.69, 9.17) is 11.6 Å². The second-order valence-electron chi connectivity index (χ2n) is 9.38. The van der Waals surface area contributed by atoms with Gasteiger partial charge < -0.3 is 10.6 Å². The Morgan fingerprint density at radius 1 is 1.00 bits per heavy atom. The van der Waals surface area contributed by atoms with Gasteiger partial charge in [0.25, 0.3) is 0 Å². The molecule has 0 saturated carbocycles. The van der Waals surface area contributed by atoms with E-state index in [0.29, 0.717) is 23.8 Å². The Hall–Kier alpha value is -3.29. The third-order valence-electron chi connectivity index (χ3n) is 6.24. The average molecular weight is 548 g/mol. The minimum Gasteiger partial charge on any atom is -0.338 e. The molecule has 0 fully saturated rings. The van der Waals surface area contributed by atoms with Crippen LogP contribution in [0.3, 0.4) is 0 Å². The number of unbranched alkanes of at least 4 members (excludes halogenated alkanes) is 1. The maximum atomic E-state index is 12.9. The van der Waals surface area contributed by atoms with Gasteiger partial charge in [-0.3, -0.25) is 4.57 Å². The van der Waals surface area contributed by atoms with E-state index in [1.54, 1.807) is 11.8 Å². The fraction of sp³-hybridized carbons (Fsp3) is 0.300. The Morgan fingerprint density at radius 3 is 2.55 bits per heavy atom. The summed E-state index contributed by atoms with van der Waals surface area (Å²) in [4.78, 5) is 12.9. The Labute approximate surface area is 234 Å². The van der Waals surface area contributed by atoms with Gasteiger partial charge in [0, 0.05) is 23.7 Å². The third-order valence-corrected chi connectivity index (χ3v) is 7.47. The van der Waals surface area contributed by atoms with Gasteiger partial charge in [0.1, 0.15) is 0 Å². The molecule has 38 heavy (non-hydrogen) atoms. The van der Waals surface area contributed by atoms with E-state index in [1.165, 1.54) is 11.1 Å². The molecule has 0 saturated heterocycles. The van der Waals surface area contributed by atoms with Crippen LogP contribution in [-0.2, 0) is 12.2 Å². The largest absolute Gasteiger partial charge is 0.338 e. The fourth-order valence-corrected chi connectivity index (χ4v) is 5.31. The number of thioether (sulfide) groups is 1. The van der Waals surface area contributed by atoms with Gasteiger partial charge in [0.2, 0.25) is 0 Å². The zero-order chi connectivity index (χ0) is 26.9. The number of amides is 2. The lowest BCUT2D eigenvalue weighted by Gasteiger charge is -2.21. The van der Waals surface area contributed by atoms with Crippen LogP contribution in [0.4, 0.5) is 4.79 Å². The number of aryl methyl sites for hydroxylation is 2. The summed E-state index contributed by atoms with van der Waals surface area (Å²) in [6, 6.07) is 23.8. The van der Waals surface area contributed by atoms with Crippen LogP contribution >= 0.6 is 23.4 Å². The summed E-state index contributed by atoms with van der Waals surface area (Å²) in [5, 5.41) is 16.8. The van der Waals surface area contributed by atoms with E-state index in [1.807, 2.05) is 47.9 Å². The number of carbonyl (C=O) groups excluding carboxylic acids is 1. The maximum Gasteiger partial charge on any atom is 0.315 e. The van der Waals surface area contributed by atoms with Crippen LogP contribution < -0.4 is 10.6 Å². The number of rotatable bonds is 11. The minimum atomic E-state index is -0.404. The van der Waals surface area contributed by atoms with E-state index in [9.17, 15) is 4.79 Å². The van der Waals surface area contributed by atoms with Crippen molar-refractivity contribution in [1.29, 1.82) is 0 Å². The Bertz CT molecular complexity index is 1360. The van der Waals surface area contributed by atoms with Crippen molar-refractivity contribution in [2.24, 2.45) is 0 Å². The summed E-state index contributed by atoms with van der Waals surface area (Å²) in [5.41, 5.74) is 5.47. The van der Waals surface area contributed by atoms with Crippen molar-refractivity contribution < 1.29 is 4.79 Å². The molecule has 0 aliphatic heterocycles. The van der Waals surface area contributed by atoms with Gasteiger partial charge in [0.05, 0.1) is 11.7 Å². The predicted octanol–water partition coefficient (Wildman–Crippen LogP) is 7.21. The molecule has 6 nitrogen and oxygen atoms in total. The molecule has 1 atom stereocenters. The first kappa shape index (κ1) is 27.7. The van der Waals surface area contributed by atoms with Gasteiger partial charge in [-0.1, -0.05) is 103 Å². The van der Waals surface area contributed by atoms with E-state index >= 15 is 0 Å². The number of hydrogen-bond donors (Lipinski definition) is 2. The van der Waals surface area contributed by atoms with Crippen molar-refractivity contribution in [3.63, 3.8) is 0 Å². The second kappa shape index (κ2) is 13.5. The minimum absolute atomic E-state index is 0.217. The Morgan fingerprint density at radius 2 is 1.79 bits per heavy atom. The van der Waals surface area contributed by atoms with Crippen molar-refractivity contribution in [1.82, 2.24) is 25.4 Å². The molecule has 2 N–H and O–H groups in total. The third kappa shape index (κ3) is 7.39. The average Bonchev–Trinajstić information content (AvgIpc) is 3.33. The first-order valence-electron chi connectivity index (χ1n) is 12.9. The van der Waals surface area contributed by atoms with Crippen molar-refractivity contribution >= 4 is 29.4 Å². The van der Waals surface area contributed by atoms with E-state index in [0.717, 1.165) is 40.6 Å². The molecule has 3 aromatic carbocycles. The second-order valence-corrected chi connectivity index (χ2v) is 10.8. The van der Waals surface area contributed by atoms with Crippen LogP contribution in [0.15, 0.2) is 78.0 Å². The summed E-state index contributed by atoms with van der Waals surface area (Å²) in [5.74, 6) is 1.41. The summed E-state index contributed by atoms with van der Waals surface area (Å²) in [6.07, 6.45) is 2.51. The quantitative estimate of drug-likeness (QED) is 0.154. The number of benzene rings is 3. The number of hydrogen-bond acceptors (Lipinski definition) is 4. The summed E-state index contributed by atoms with van der Waals surface area (Å²) in [7, 11) is 0. The number of urea groups is 1. The molecular weight excluding hydrogens is 514 g/mol. The van der Waals surface area contributed by atoms with Crippen LogP contribution in [-0.4, -0.2) is 27.3 Å². The first-order valence-corrected chi connectivity index (χ1v) is 14.3. The number of nitrogens with zero attached hydrogens (tertiary/aromatic N) is 3. The maximum absolute atomic E-state index is 12.9. The van der Waals surface area contributed by atoms with Crippen molar-refractivity contribution in [3.05, 3.63) is 106 Å². The van der Waals surface area contributed by atoms with E-state index in [2.05, 4.69) is 71.1 Å². The number of nitrogens with one attached hydrogen (secondary N) is 2. The van der Waals surface area contributed by atoms with Crippen LogP contribution in [0.2, 0.25) is 5.02 Å². The molecule has 0 bridgehead atoms. The van der Waals surface area contributed by atoms with Crippen LogP contribution in [0.1, 0.15) is 53.9 Å². The molecular formula is C30H34ClN5OS. The van der Waals surface area contributed by atoms with Crippen LogP contribution in [0.25, 0.3) is 5.69 Å². The van der Waals surface area contributed by atoms with Gasteiger partial charge in [-0.05, 0) is 49.1 Å². The van der Waals surface area contributed by atoms with Crippen molar-refractivity contribution in [2.75, 3.05) is 6.54 Å². The molecule has 1 aromatic heterocycles. The molecule has 0 radical (unpaired) electrons. The SMILES string of the molecule is CCCCNC(=O)NC(Cc1ccccc1)c1nnc(SCc2cccc(C)c2)n1-c1cc(Cl)ccc1C. The van der Waals surface area contributed by atoms with Gasteiger partial charge in [-0.15, -0.1) is 10.2 Å². The Balaban J connectivity index is 1.73. The zero-order valence-corrected chi connectivity index (χ0v) is 23.6. The molecule has 2 amide bonds.